The molecule has 0 aromatic heterocycles. The maximum atomic E-state index is 12.8. The van der Waals surface area contributed by atoms with E-state index in [1.165, 1.54) is 31.4 Å². The van der Waals surface area contributed by atoms with Crippen LogP contribution in [0, 0.1) is 0 Å². The highest BCUT2D eigenvalue weighted by molar-refractivity contribution is 7.92. The molecule has 0 atom stereocenters. The van der Waals surface area contributed by atoms with Gasteiger partial charge >= 0.3 is 0 Å². The van der Waals surface area contributed by atoms with Gasteiger partial charge in [-0.2, -0.15) is 0 Å². The Kier molecular flexibility index (Phi) is 6.97. The Hall–Kier alpha value is -3.03. The summed E-state index contributed by atoms with van der Waals surface area (Å²) < 4.78 is 33.3. The van der Waals surface area contributed by atoms with Crippen LogP contribution in [0.15, 0.2) is 77.7 Å². The predicted octanol–water partition coefficient (Wildman–Crippen LogP) is 4.12. The van der Waals surface area contributed by atoms with E-state index in [4.69, 9.17) is 16.3 Å². The summed E-state index contributed by atoms with van der Waals surface area (Å²) in [5.41, 5.74) is 1.57. The number of ether oxygens (including phenoxy) is 1. The zero-order chi connectivity index (χ0) is 21.6. The predicted molar refractivity (Wildman–Crippen MR) is 118 cm³/mol. The number of carbonyl (C=O) groups excluding carboxylic acids is 1. The van der Waals surface area contributed by atoms with Crippen molar-refractivity contribution in [3.05, 3.63) is 88.9 Å². The molecular weight excluding hydrogens is 424 g/mol. The smallest absolute Gasteiger partial charge is 0.262 e. The molecule has 6 nitrogen and oxygen atoms in total. The Bertz CT molecular complexity index is 1130. The van der Waals surface area contributed by atoms with E-state index in [1.807, 2.05) is 30.3 Å². The molecule has 0 saturated carbocycles. The van der Waals surface area contributed by atoms with Crippen LogP contribution in [0.3, 0.4) is 0 Å². The molecule has 0 unspecified atom stereocenters. The Balaban J connectivity index is 1.72. The molecule has 1 amide bonds. The third-order valence-corrected chi connectivity index (χ3v) is 5.95. The van der Waals surface area contributed by atoms with Crippen LogP contribution in [0.2, 0.25) is 5.02 Å². The molecule has 0 aliphatic carbocycles. The van der Waals surface area contributed by atoms with E-state index in [0.29, 0.717) is 23.7 Å². The minimum absolute atomic E-state index is 0.0414. The van der Waals surface area contributed by atoms with Crippen LogP contribution >= 0.6 is 11.6 Å². The van der Waals surface area contributed by atoms with Gasteiger partial charge in [-0.1, -0.05) is 48.0 Å². The molecule has 2 N–H and O–H groups in total. The lowest BCUT2D eigenvalue weighted by molar-refractivity contribution is 0.0954. The molecule has 0 radical (unpaired) electrons. The van der Waals surface area contributed by atoms with E-state index >= 15 is 0 Å². The second-order valence-electron chi connectivity index (χ2n) is 6.47. The monoisotopic (exact) mass is 444 g/mol. The number of nitrogens with one attached hydrogen (secondary N) is 2. The van der Waals surface area contributed by atoms with Crippen molar-refractivity contribution in [1.29, 1.82) is 0 Å². The number of benzene rings is 3. The van der Waals surface area contributed by atoms with Gasteiger partial charge in [0.15, 0.2) is 0 Å². The fourth-order valence-corrected chi connectivity index (χ4v) is 4.11. The topological polar surface area (TPSA) is 84.5 Å². The van der Waals surface area contributed by atoms with Gasteiger partial charge in [-0.25, -0.2) is 8.42 Å². The average molecular weight is 445 g/mol. The van der Waals surface area contributed by atoms with Crippen LogP contribution < -0.4 is 14.8 Å². The lowest BCUT2D eigenvalue weighted by Gasteiger charge is -2.13. The summed E-state index contributed by atoms with van der Waals surface area (Å²) in [4.78, 5) is 12.4. The maximum Gasteiger partial charge on any atom is 0.262 e. The number of hydrogen-bond acceptors (Lipinski definition) is 4. The molecule has 3 aromatic carbocycles. The van der Waals surface area contributed by atoms with E-state index in [0.717, 1.165) is 5.56 Å². The molecular formula is C22H21ClN2O4S. The van der Waals surface area contributed by atoms with E-state index in [9.17, 15) is 13.2 Å². The molecule has 3 aromatic rings. The number of carbonyl (C=O) groups is 1. The molecule has 156 valence electrons. The van der Waals surface area contributed by atoms with Gasteiger partial charge in [0.05, 0.1) is 17.7 Å². The Morgan fingerprint density at radius 2 is 1.77 bits per heavy atom. The van der Waals surface area contributed by atoms with Gasteiger partial charge < -0.3 is 10.1 Å². The molecule has 0 heterocycles. The molecule has 0 spiro atoms. The number of rotatable bonds is 8. The Labute approximate surface area is 180 Å². The quantitative estimate of drug-likeness (QED) is 0.547. The first-order valence-electron chi connectivity index (χ1n) is 9.17. The number of halogens is 1. The summed E-state index contributed by atoms with van der Waals surface area (Å²) in [6.45, 7) is 0.442. The largest absolute Gasteiger partial charge is 0.495 e. The van der Waals surface area contributed by atoms with Gasteiger partial charge in [0.2, 0.25) is 0 Å². The van der Waals surface area contributed by atoms with Crippen LogP contribution in [-0.4, -0.2) is 28.0 Å². The molecule has 8 heteroatoms. The molecule has 0 aliphatic heterocycles. The standard InChI is InChI=1S/C22H21ClN2O4S/c1-29-21-11-10-18(23)15-20(21)25-30(27,28)19-9-5-8-17(14-19)22(26)24-13-12-16-6-3-2-4-7-16/h2-11,14-15,25H,12-13H2,1H3,(H,24,26). The van der Waals surface area contributed by atoms with E-state index < -0.39 is 10.0 Å². The second-order valence-corrected chi connectivity index (χ2v) is 8.59. The minimum Gasteiger partial charge on any atom is -0.495 e. The summed E-state index contributed by atoms with van der Waals surface area (Å²) in [7, 11) is -2.52. The van der Waals surface area contributed by atoms with Gasteiger partial charge in [-0.15, -0.1) is 0 Å². The van der Waals surface area contributed by atoms with E-state index in [2.05, 4.69) is 10.0 Å². The van der Waals surface area contributed by atoms with Gasteiger partial charge in [-0.3, -0.25) is 9.52 Å². The maximum absolute atomic E-state index is 12.8. The lowest BCUT2D eigenvalue weighted by atomic mass is 10.1. The van der Waals surface area contributed by atoms with Crippen LogP contribution in [0.4, 0.5) is 5.69 Å². The van der Waals surface area contributed by atoms with Crippen molar-refractivity contribution < 1.29 is 17.9 Å². The molecule has 30 heavy (non-hydrogen) atoms. The van der Waals surface area contributed by atoms with Crippen molar-refractivity contribution in [1.82, 2.24) is 5.32 Å². The van der Waals surface area contributed by atoms with Gasteiger partial charge in [-0.05, 0) is 48.4 Å². The first-order chi connectivity index (χ1) is 14.4. The SMILES string of the molecule is COc1ccc(Cl)cc1NS(=O)(=O)c1cccc(C(=O)NCCc2ccccc2)c1. The fraction of sp³-hybridized carbons (Fsp3) is 0.136. The van der Waals surface area contributed by atoms with Crippen molar-refractivity contribution in [2.75, 3.05) is 18.4 Å². The van der Waals surface area contributed by atoms with Gasteiger partial charge in [0.25, 0.3) is 15.9 Å². The Morgan fingerprint density at radius 3 is 2.50 bits per heavy atom. The van der Waals surface area contributed by atoms with Crippen LogP contribution in [0.1, 0.15) is 15.9 Å². The van der Waals surface area contributed by atoms with Crippen molar-refractivity contribution in [3.8, 4) is 5.75 Å². The van der Waals surface area contributed by atoms with Crippen LogP contribution in [0.25, 0.3) is 0 Å². The summed E-state index contributed by atoms with van der Waals surface area (Å²) in [6.07, 6.45) is 0.681. The van der Waals surface area contributed by atoms with Crippen LogP contribution in [-0.2, 0) is 16.4 Å². The van der Waals surface area contributed by atoms with E-state index in [1.54, 1.807) is 18.2 Å². The third kappa shape index (κ3) is 5.52. The summed E-state index contributed by atoms with van der Waals surface area (Å²) in [5.74, 6) is -0.0129. The van der Waals surface area contributed by atoms with Gasteiger partial charge in [0.1, 0.15) is 5.75 Å². The number of methoxy groups -OCH3 is 1. The lowest BCUT2D eigenvalue weighted by Crippen LogP contribution is -2.26. The molecule has 0 saturated heterocycles. The van der Waals surface area contributed by atoms with Crippen molar-refractivity contribution in [2.45, 2.75) is 11.3 Å². The van der Waals surface area contributed by atoms with Crippen molar-refractivity contribution in [3.63, 3.8) is 0 Å². The first kappa shape index (κ1) is 21.7. The van der Waals surface area contributed by atoms with Gasteiger partial charge in [0, 0.05) is 17.1 Å². The number of amides is 1. The fourth-order valence-electron chi connectivity index (χ4n) is 2.84. The molecule has 3 rings (SSSR count). The second kappa shape index (κ2) is 9.65. The molecule has 0 fully saturated rings. The summed E-state index contributed by atoms with van der Waals surface area (Å²) in [5, 5.41) is 3.17. The van der Waals surface area contributed by atoms with Crippen LogP contribution in [0.5, 0.6) is 5.75 Å². The highest BCUT2D eigenvalue weighted by Crippen LogP contribution is 2.29. The Morgan fingerprint density at radius 1 is 1.00 bits per heavy atom. The van der Waals surface area contributed by atoms with E-state index in [-0.39, 0.29) is 22.1 Å². The van der Waals surface area contributed by atoms with Crippen molar-refractivity contribution in [2.24, 2.45) is 0 Å². The highest BCUT2D eigenvalue weighted by atomic mass is 35.5. The number of sulfonamides is 1. The third-order valence-electron chi connectivity index (χ3n) is 4.35. The normalized spacial score (nSPS) is 11.0. The molecule has 0 bridgehead atoms. The highest BCUT2D eigenvalue weighted by Gasteiger charge is 2.18. The average Bonchev–Trinajstić information content (AvgIpc) is 2.74. The summed E-state index contributed by atoms with van der Waals surface area (Å²) >= 11 is 5.96. The number of anilines is 1. The van der Waals surface area contributed by atoms with Crippen molar-refractivity contribution >= 4 is 33.2 Å². The number of hydrogen-bond donors (Lipinski definition) is 2. The zero-order valence-electron chi connectivity index (χ0n) is 16.3. The summed E-state index contributed by atoms with van der Waals surface area (Å²) in [6, 6.07) is 20.2. The minimum atomic E-state index is -3.95. The molecule has 0 aliphatic rings. The first-order valence-corrected chi connectivity index (χ1v) is 11.0. The zero-order valence-corrected chi connectivity index (χ0v) is 17.8.